The molecule has 4 nitrogen and oxygen atoms in total. The van der Waals surface area contributed by atoms with Crippen molar-refractivity contribution < 1.29 is 5.11 Å². The zero-order valence-electron chi connectivity index (χ0n) is 7.58. The molecule has 0 aromatic rings. The first-order chi connectivity index (χ1) is 5.20. The molecular formula is C7H18IN3O. The fraction of sp³-hybridized carbons (Fsp3) is 0.857. The van der Waals surface area contributed by atoms with E-state index in [9.17, 15) is 0 Å². The maximum Gasteiger partial charge on any atom is 0.188 e. The van der Waals surface area contributed by atoms with Crippen LogP contribution in [0, 0.1) is 0 Å². The lowest BCUT2D eigenvalue weighted by Gasteiger charge is -2.11. The first kappa shape index (κ1) is 14.5. The van der Waals surface area contributed by atoms with Crippen LogP contribution in [0.4, 0.5) is 0 Å². The number of aliphatic imine (C=N–C) groups is 1. The molecule has 0 saturated carbocycles. The Kier molecular flexibility index (Phi) is 10.9. The summed E-state index contributed by atoms with van der Waals surface area (Å²) in [5.74, 6) is 0.411. The lowest BCUT2D eigenvalue weighted by molar-refractivity contribution is 0.306. The molecule has 12 heavy (non-hydrogen) atoms. The highest BCUT2D eigenvalue weighted by Crippen LogP contribution is 1.85. The van der Waals surface area contributed by atoms with Crippen molar-refractivity contribution in [2.75, 3.05) is 13.2 Å². The summed E-state index contributed by atoms with van der Waals surface area (Å²) in [5.41, 5.74) is 5.46. The second-order valence-corrected chi connectivity index (χ2v) is 2.44. The summed E-state index contributed by atoms with van der Waals surface area (Å²) in [4.78, 5) is 3.86. The van der Waals surface area contributed by atoms with Crippen LogP contribution in [0.15, 0.2) is 4.99 Å². The molecular weight excluding hydrogens is 269 g/mol. The highest BCUT2D eigenvalue weighted by Gasteiger charge is 1.97. The highest BCUT2D eigenvalue weighted by molar-refractivity contribution is 14.0. The van der Waals surface area contributed by atoms with E-state index in [-0.39, 0.29) is 30.6 Å². The molecule has 0 aliphatic carbocycles. The zero-order chi connectivity index (χ0) is 8.69. The Balaban J connectivity index is 0. The summed E-state index contributed by atoms with van der Waals surface area (Å²) in [6.07, 6.45) is 1.01. The number of hydrogen-bond donors (Lipinski definition) is 3. The molecule has 0 heterocycles. The van der Waals surface area contributed by atoms with Gasteiger partial charge in [0.15, 0.2) is 5.96 Å². The summed E-state index contributed by atoms with van der Waals surface area (Å²) >= 11 is 0. The van der Waals surface area contributed by atoms with Crippen molar-refractivity contribution in [3.05, 3.63) is 0 Å². The maximum absolute atomic E-state index is 8.42. The minimum Gasteiger partial charge on any atom is -0.394 e. The molecule has 74 valence electrons. The van der Waals surface area contributed by atoms with Crippen LogP contribution < -0.4 is 11.1 Å². The van der Waals surface area contributed by atoms with Gasteiger partial charge in [0, 0.05) is 6.04 Å². The lowest BCUT2D eigenvalue weighted by atomic mass is 10.3. The molecule has 0 spiro atoms. The third-order valence-corrected chi connectivity index (χ3v) is 1.39. The van der Waals surface area contributed by atoms with Crippen molar-refractivity contribution in [1.82, 2.24) is 5.32 Å². The number of hydrogen-bond acceptors (Lipinski definition) is 2. The van der Waals surface area contributed by atoms with Gasteiger partial charge in [0.1, 0.15) is 0 Å². The van der Waals surface area contributed by atoms with Gasteiger partial charge in [-0.15, -0.1) is 24.0 Å². The van der Waals surface area contributed by atoms with Gasteiger partial charge in [-0.25, -0.2) is 0 Å². The smallest absolute Gasteiger partial charge is 0.188 e. The van der Waals surface area contributed by atoms with E-state index in [1.54, 1.807) is 0 Å². The Morgan fingerprint density at radius 1 is 1.67 bits per heavy atom. The third-order valence-electron chi connectivity index (χ3n) is 1.39. The van der Waals surface area contributed by atoms with Crippen molar-refractivity contribution >= 4 is 29.9 Å². The van der Waals surface area contributed by atoms with E-state index < -0.39 is 0 Å². The summed E-state index contributed by atoms with van der Waals surface area (Å²) in [6.45, 7) is 4.51. The summed E-state index contributed by atoms with van der Waals surface area (Å²) in [7, 11) is 0. The normalized spacial score (nSPS) is 13.4. The van der Waals surface area contributed by atoms with Crippen LogP contribution in [-0.2, 0) is 0 Å². The predicted octanol–water partition coefficient (Wildman–Crippen LogP) is 0.300. The largest absolute Gasteiger partial charge is 0.394 e. The van der Waals surface area contributed by atoms with E-state index in [4.69, 9.17) is 10.8 Å². The Morgan fingerprint density at radius 3 is 2.67 bits per heavy atom. The number of aliphatic hydroxyl groups excluding tert-OH is 1. The standard InChI is InChI=1S/C7H17N3O.HI/c1-3-6(2)10-7(8)9-4-5-11;/h6,11H,3-5H2,1-2H3,(H3,8,9,10);1H. The van der Waals surface area contributed by atoms with Crippen molar-refractivity contribution in [2.45, 2.75) is 26.3 Å². The first-order valence-electron chi connectivity index (χ1n) is 3.88. The molecule has 0 saturated heterocycles. The predicted molar refractivity (Wildman–Crippen MR) is 61.9 cm³/mol. The molecule has 0 rings (SSSR count). The molecule has 0 radical (unpaired) electrons. The van der Waals surface area contributed by atoms with Crippen molar-refractivity contribution in [2.24, 2.45) is 10.7 Å². The summed E-state index contributed by atoms with van der Waals surface area (Å²) < 4.78 is 0. The number of guanidine groups is 1. The third kappa shape index (κ3) is 8.06. The van der Waals surface area contributed by atoms with Crippen LogP contribution in [0.3, 0.4) is 0 Å². The number of nitrogens with zero attached hydrogens (tertiary/aromatic N) is 1. The van der Waals surface area contributed by atoms with Gasteiger partial charge in [0.05, 0.1) is 13.2 Å². The summed E-state index contributed by atoms with van der Waals surface area (Å²) in [6, 6.07) is 0.345. The van der Waals surface area contributed by atoms with Crippen LogP contribution in [0.2, 0.25) is 0 Å². The number of aliphatic hydroxyl groups is 1. The first-order valence-corrected chi connectivity index (χ1v) is 3.88. The molecule has 0 bridgehead atoms. The number of halogens is 1. The van der Waals surface area contributed by atoms with E-state index in [1.165, 1.54) is 0 Å². The molecule has 4 N–H and O–H groups in total. The van der Waals surface area contributed by atoms with Crippen LogP contribution in [0.25, 0.3) is 0 Å². The average molecular weight is 287 g/mol. The second-order valence-electron chi connectivity index (χ2n) is 2.44. The number of nitrogens with one attached hydrogen (secondary N) is 1. The fourth-order valence-corrected chi connectivity index (χ4v) is 0.571. The number of nitrogens with two attached hydrogens (primary N) is 1. The minimum atomic E-state index is 0. The Morgan fingerprint density at radius 2 is 2.25 bits per heavy atom. The van der Waals surface area contributed by atoms with Crippen molar-refractivity contribution in [1.29, 1.82) is 0 Å². The molecule has 1 unspecified atom stereocenters. The van der Waals surface area contributed by atoms with Gasteiger partial charge in [0.2, 0.25) is 0 Å². The molecule has 0 aromatic heterocycles. The van der Waals surface area contributed by atoms with E-state index in [1.807, 2.05) is 6.92 Å². The molecule has 1 atom stereocenters. The monoisotopic (exact) mass is 287 g/mol. The van der Waals surface area contributed by atoms with E-state index in [0.717, 1.165) is 6.42 Å². The van der Waals surface area contributed by atoms with E-state index in [0.29, 0.717) is 18.5 Å². The SMILES string of the molecule is CCC(C)NC(N)=NCCO.I. The molecule has 0 aromatic carbocycles. The number of rotatable bonds is 4. The van der Waals surface area contributed by atoms with E-state index >= 15 is 0 Å². The van der Waals surface area contributed by atoms with Gasteiger partial charge >= 0.3 is 0 Å². The lowest BCUT2D eigenvalue weighted by Crippen LogP contribution is -2.38. The van der Waals surface area contributed by atoms with Gasteiger partial charge in [0.25, 0.3) is 0 Å². The molecule has 0 aliphatic rings. The van der Waals surface area contributed by atoms with Crippen molar-refractivity contribution in [3.63, 3.8) is 0 Å². The molecule has 5 heteroatoms. The van der Waals surface area contributed by atoms with Gasteiger partial charge in [-0.3, -0.25) is 4.99 Å². The van der Waals surface area contributed by atoms with E-state index in [2.05, 4.69) is 17.2 Å². The Labute approximate surface area is 90.7 Å². The topological polar surface area (TPSA) is 70.6 Å². The maximum atomic E-state index is 8.42. The second kappa shape index (κ2) is 9.05. The van der Waals surface area contributed by atoms with Crippen molar-refractivity contribution in [3.8, 4) is 0 Å². The van der Waals surface area contributed by atoms with Gasteiger partial charge in [-0.05, 0) is 13.3 Å². The van der Waals surface area contributed by atoms with Crippen LogP contribution >= 0.6 is 24.0 Å². The van der Waals surface area contributed by atoms with Gasteiger partial charge in [-0.1, -0.05) is 6.92 Å². The minimum absolute atomic E-state index is 0. The zero-order valence-corrected chi connectivity index (χ0v) is 9.91. The van der Waals surface area contributed by atoms with Gasteiger partial charge in [-0.2, -0.15) is 0 Å². The quantitative estimate of drug-likeness (QED) is 0.396. The molecule has 0 aliphatic heterocycles. The van der Waals surface area contributed by atoms with Crippen LogP contribution in [0.5, 0.6) is 0 Å². The van der Waals surface area contributed by atoms with Crippen LogP contribution in [0.1, 0.15) is 20.3 Å². The highest BCUT2D eigenvalue weighted by atomic mass is 127. The Hall–Kier alpha value is -0.0400. The average Bonchev–Trinajstić information content (AvgIpc) is 2.00. The Bertz CT molecular complexity index is 130. The molecule has 0 amide bonds. The van der Waals surface area contributed by atoms with Gasteiger partial charge < -0.3 is 16.2 Å². The molecule has 0 fully saturated rings. The van der Waals surface area contributed by atoms with Crippen LogP contribution in [-0.4, -0.2) is 30.3 Å². The summed E-state index contributed by atoms with van der Waals surface area (Å²) in [5, 5.41) is 11.4. The fourth-order valence-electron chi connectivity index (χ4n) is 0.571.